The zero-order chi connectivity index (χ0) is 13.7. The Bertz CT molecular complexity index is 569. The number of rotatable bonds is 5. The van der Waals surface area contributed by atoms with Gasteiger partial charge in [-0.25, -0.2) is 9.97 Å². The first-order chi connectivity index (χ1) is 9.20. The fourth-order valence-corrected chi connectivity index (χ4v) is 1.55. The highest BCUT2D eigenvalue weighted by atomic mass is 16.5. The molecule has 0 fully saturated rings. The van der Waals surface area contributed by atoms with Crippen molar-refractivity contribution in [2.45, 2.75) is 6.42 Å². The smallest absolute Gasteiger partial charge is 0.249 e. The Morgan fingerprint density at radius 1 is 1.21 bits per heavy atom. The van der Waals surface area contributed by atoms with Crippen molar-refractivity contribution in [2.24, 2.45) is 5.73 Å². The lowest BCUT2D eigenvalue weighted by molar-refractivity contribution is 0.299. The molecule has 1 aromatic carbocycles. The number of hydrogen-bond donors (Lipinski definition) is 3. The first-order valence-corrected chi connectivity index (χ1v) is 5.74. The largest absolute Gasteiger partial charge is 0.437 e. The molecule has 0 unspecified atom stereocenters. The predicted octanol–water partition coefficient (Wildman–Crippen LogP) is 1.09. The third kappa shape index (κ3) is 3.26. The highest BCUT2D eigenvalue weighted by Gasteiger charge is 2.10. The Labute approximate surface area is 110 Å². The van der Waals surface area contributed by atoms with Crippen molar-refractivity contribution in [2.75, 3.05) is 6.61 Å². The van der Waals surface area contributed by atoms with Crippen molar-refractivity contribution in [1.29, 1.82) is 5.41 Å². The summed E-state index contributed by atoms with van der Waals surface area (Å²) in [5, 5.41) is 16.2. The molecule has 0 aliphatic carbocycles. The normalized spacial score (nSPS) is 10.2. The van der Waals surface area contributed by atoms with E-state index < -0.39 is 0 Å². The minimum Gasteiger partial charge on any atom is -0.437 e. The Morgan fingerprint density at radius 3 is 2.53 bits per heavy atom. The summed E-state index contributed by atoms with van der Waals surface area (Å²) in [7, 11) is 0. The maximum Gasteiger partial charge on any atom is 0.249 e. The lowest BCUT2D eigenvalue weighted by Crippen LogP contribution is -2.15. The molecule has 19 heavy (non-hydrogen) atoms. The second-order valence-electron chi connectivity index (χ2n) is 3.84. The molecule has 0 aliphatic rings. The number of hydrogen-bond acceptors (Lipinski definition) is 5. The quantitative estimate of drug-likeness (QED) is 0.550. The highest BCUT2D eigenvalue weighted by molar-refractivity contribution is 5.95. The van der Waals surface area contributed by atoms with E-state index in [4.69, 9.17) is 21.0 Å². The molecule has 0 atom stereocenters. The fourth-order valence-electron chi connectivity index (χ4n) is 1.55. The standard InChI is InChI=1S/C13H14N4O2/c14-12(15)11-13(17-7-6-16-11)19-10-3-1-9(2-4-10)5-8-18/h1-4,6-7,18H,5,8H2,(H3,14,15). The first-order valence-electron chi connectivity index (χ1n) is 5.74. The van der Waals surface area contributed by atoms with E-state index in [1.807, 2.05) is 12.1 Å². The Hall–Kier alpha value is -2.47. The van der Waals surface area contributed by atoms with Crippen molar-refractivity contribution in [3.63, 3.8) is 0 Å². The number of nitrogens with one attached hydrogen (secondary N) is 1. The lowest BCUT2D eigenvalue weighted by Gasteiger charge is -2.08. The summed E-state index contributed by atoms with van der Waals surface area (Å²) in [6, 6.07) is 7.25. The van der Waals surface area contributed by atoms with Gasteiger partial charge >= 0.3 is 0 Å². The van der Waals surface area contributed by atoms with Crippen LogP contribution in [0.15, 0.2) is 36.7 Å². The third-order valence-corrected chi connectivity index (χ3v) is 2.46. The molecule has 1 heterocycles. The molecule has 0 spiro atoms. The molecule has 2 rings (SSSR count). The van der Waals surface area contributed by atoms with Crippen LogP contribution in [0.25, 0.3) is 0 Å². The number of nitrogens with zero attached hydrogens (tertiary/aromatic N) is 2. The van der Waals surface area contributed by atoms with Crippen LogP contribution in [0.4, 0.5) is 0 Å². The second-order valence-corrected chi connectivity index (χ2v) is 3.84. The summed E-state index contributed by atoms with van der Waals surface area (Å²) in [5.41, 5.74) is 6.63. The van der Waals surface area contributed by atoms with E-state index in [1.54, 1.807) is 12.1 Å². The van der Waals surface area contributed by atoms with E-state index in [2.05, 4.69) is 9.97 Å². The zero-order valence-electron chi connectivity index (χ0n) is 10.2. The van der Waals surface area contributed by atoms with Crippen molar-refractivity contribution in [3.05, 3.63) is 47.9 Å². The van der Waals surface area contributed by atoms with Crippen LogP contribution in [-0.2, 0) is 6.42 Å². The van der Waals surface area contributed by atoms with Gasteiger partial charge in [0.2, 0.25) is 5.88 Å². The monoisotopic (exact) mass is 258 g/mol. The van der Waals surface area contributed by atoms with E-state index in [0.717, 1.165) is 5.56 Å². The van der Waals surface area contributed by atoms with Crippen LogP contribution >= 0.6 is 0 Å². The van der Waals surface area contributed by atoms with Crippen LogP contribution in [0.2, 0.25) is 0 Å². The topological polar surface area (TPSA) is 105 Å². The number of aliphatic hydroxyl groups is 1. The number of benzene rings is 1. The SMILES string of the molecule is N=C(N)c1nccnc1Oc1ccc(CCO)cc1. The van der Waals surface area contributed by atoms with E-state index in [1.165, 1.54) is 12.4 Å². The van der Waals surface area contributed by atoms with Crippen molar-refractivity contribution in [1.82, 2.24) is 9.97 Å². The Balaban J connectivity index is 2.19. The maximum atomic E-state index is 8.83. The predicted molar refractivity (Wildman–Crippen MR) is 70.4 cm³/mol. The highest BCUT2D eigenvalue weighted by Crippen LogP contribution is 2.21. The molecule has 0 saturated carbocycles. The van der Waals surface area contributed by atoms with Crippen molar-refractivity contribution >= 4 is 5.84 Å². The molecular weight excluding hydrogens is 244 g/mol. The zero-order valence-corrected chi connectivity index (χ0v) is 10.2. The molecule has 0 aliphatic heterocycles. The minimum absolute atomic E-state index is 0.110. The maximum absolute atomic E-state index is 8.83. The van der Waals surface area contributed by atoms with E-state index >= 15 is 0 Å². The average Bonchev–Trinajstić information content (AvgIpc) is 2.42. The minimum atomic E-state index is -0.194. The van der Waals surface area contributed by atoms with Gasteiger partial charge < -0.3 is 15.6 Å². The molecule has 0 amide bonds. The van der Waals surface area contributed by atoms with Gasteiger partial charge in [0.15, 0.2) is 5.69 Å². The van der Waals surface area contributed by atoms with E-state index in [-0.39, 0.29) is 24.0 Å². The first kappa shape index (κ1) is 13.0. The molecule has 0 bridgehead atoms. The average molecular weight is 258 g/mol. The van der Waals surface area contributed by atoms with Gasteiger partial charge in [-0.05, 0) is 24.1 Å². The van der Waals surface area contributed by atoms with Gasteiger partial charge in [0.1, 0.15) is 11.6 Å². The Morgan fingerprint density at radius 2 is 1.89 bits per heavy atom. The van der Waals surface area contributed by atoms with Crippen LogP contribution < -0.4 is 10.5 Å². The summed E-state index contributed by atoms with van der Waals surface area (Å²) in [6.07, 6.45) is 3.53. The van der Waals surface area contributed by atoms with Crippen molar-refractivity contribution < 1.29 is 9.84 Å². The second kappa shape index (κ2) is 5.92. The number of ether oxygens (including phenoxy) is 1. The third-order valence-electron chi connectivity index (χ3n) is 2.46. The lowest BCUT2D eigenvalue weighted by atomic mass is 10.1. The van der Waals surface area contributed by atoms with Gasteiger partial charge in [-0.15, -0.1) is 0 Å². The van der Waals surface area contributed by atoms with Crippen LogP contribution in [-0.4, -0.2) is 27.5 Å². The molecule has 98 valence electrons. The summed E-state index contributed by atoms with van der Waals surface area (Å²) >= 11 is 0. The number of nitrogens with two attached hydrogens (primary N) is 1. The molecule has 4 N–H and O–H groups in total. The van der Waals surface area contributed by atoms with Gasteiger partial charge in [0, 0.05) is 19.0 Å². The molecule has 6 nitrogen and oxygen atoms in total. The summed E-state index contributed by atoms with van der Waals surface area (Å²) in [6.45, 7) is 0.110. The molecule has 1 aromatic heterocycles. The van der Waals surface area contributed by atoms with Crippen LogP contribution in [0, 0.1) is 5.41 Å². The molecule has 0 saturated heterocycles. The van der Waals surface area contributed by atoms with Gasteiger partial charge in [-0.1, -0.05) is 12.1 Å². The van der Waals surface area contributed by atoms with Gasteiger partial charge in [-0.3, -0.25) is 5.41 Å². The molecule has 2 aromatic rings. The van der Waals surface area contributed by atoms with E-state index in [0.29, 0.717) is 12.2 Å². The number of amidine groups is 1. The fraction of sp³-hybridized carbons (Fsp3) is 0.154. The molecular formula is C13H14N4O2. The van der Waals surface area contributed by atoms with Crippen LogP contribution in [0.5, 0.6) is 11.6 Å². The molecule has 6 heteroatoms. The van der Waals surface area contributed by atoms with Gasteiger partial charge in [-0.2, -0.15) is 0 Å². The summed E-state index contributed by atoms with van der Waals surface area (Å²) < 4.78 is 5.55. The Kier molecular flexibility index (Phi) is 4.04. The van der Waals surface area contributed by atoms with Crippen molar-refractivity contribution in [3.8, 4) is 11.6 Å². The van der Waals surface area contributed by atoms with Gasteiger partial charge in [0.05, 0.1) is 0 Å². The van der Waals surface area contributed by atoms with E-state index in [9.17, 15) is 0 Å². The van der Waals surface area contributed by atoms with Crippen LogP contribution in [0.1, 0.15) is 11.3 Å². The number of nitrogen functional groups attached to an aromatic ring is 1. The number of aromatic nitrogens is 2. The summed E-state index contributed by atoms with van der Waals surface area (Å²) in [4.78, 5) is 7.96. The molecule has 0 radical (unpaired) electrons. The number of aliphatic hydroxyl groups excluding tert-OH is 1. The summed E-state index contributed by atoms with van der Waals surface area (Å²) in [5.74, 6) is 0.578. The van der Waals surface area contributed by atoms with Crippen LogP contribution in [0.3, 0.4) is 0 Å². The van der Waals surface area contributed by atoms with Gasteiger partial charge in [0.25, 0.3) is 0 Å².